The summed E-state index contributed by atoms with van der Waals surface area (Å²) < 4.78 is 11.1. The number of pyridine rings is 1. The van der Waals surface area contributed by atoms with Gasteiger partial charge in [-0.2, -0.15) is 0 Å². The lowest BCUT2D eigenvalue weighted by Crippen LogP contribution is -2.62. The Labute approximate surface area is 256 Å². The molecule has 5 bridgehead atoms. The van der Waals surface area contributed by atoms with E-state index in [4.69, 9.17) is 20.2 Å². The van der Waals surface area contributed by atoms with Crippen molar-refractivity contribution in [3.8, 4) is 0 Å². The maximum Gasteiger partial charge on any atom is 0.258 e. The van der Waals surface area contributed by atoms with Crippen molar-refractivity contribution in [1.29, 1.82) is 0 Å². The van der Waals surface area contributed by atoms with Crippen molar-refractivity contribution < 1.29 is 28.7 Å². The highest BCUT2D eigenvalue weighted by Gasteiger charge is 2.41. The number of hydrazine groups is 1. The fourth-order valence-electron chi connectivity index (χ4n) is 5.63. The summed E-state index contributed by atoms with van der Waals surface area (Å²) in [4.78, 5) is 58.6. The molecule has 2 aromatic rings. The van der Waals surface area contributed by atoms with Gasteiger partial charge in [-0.25, -0.2) is 5.43 Å². The van der Waals surface area contributed by atoms with Gasteiger partial charge in [0, 0.05) is 11.9 Å². The Hall–Kier alpha value is -3.91. The lowest BCUT2D eigenvalue weighted by atomic mass is 9.86. The van der Waals surface area contributed by atoms with Gasteiger partial charge in [0.15, 0.2) is 0 Å². The molecule has 44 heavy (non-hydrogen) atoms. The molecular formula is C31H41N7O6. The second-order valence-electron chi connectivity index (χ2n) is 11.7. The molecule has 1 aromatic carbocycles. The van der Waals surface area contributed by atoms with Crippen molar-refractivity contribution in [3.05, 3.63) is 47.7 Å². The number of ether oxygens (including phenoxy) is 2. The number of fused-ring (bicyclic) bond motifs is 4. The Kier molecular flexibility index (Phi) is 9.89. The van der Waals surface area contributed by atoms with Crippen molar-refractivity contribution >= 4 is 40.6 Å². The van der Waals surface area contributed by atoms with Gasteiger partial charge in [-0.3, -0.25) is 29.2 Å². The van der Waals surface area contributed by atoms with Crippen LogP contribution in [-0.2, 0) is 28.7 Å². The molecule has 13 nitrogen and oxygen atoms in total. The van der Waals surface area contributed by atoms with Crippen LogP contribution in [0.15, 0.2) is 36.4 Å². The highest BCUT2D eigenvalue weighted by atomic mass is 16.7. The smallest absolute Gasteiger partial charge is 0.258 e. The maximum atomic E-state index is 13.8. The second-order valence-corrected chi connectivity index (χ2v) is 11.7. The number of nitrogens with zero attached hydrogens (tertiary/aromatic N) is 2. The van der Waals surface area contributed by atoms with Gasteiger partial charge in [0.05, 0.1) is 30.5 Å². The number of carbonyl (C=O) groups is 4. The van der Waals surface area contributed by atoms with Crippen molar-refractivity contribution in [2.24, 2.45) is 11.1 Å². The second kappa shape index (κ2) is 13.8. The summed E-state index contributed by atoms with van der Waals surface area (Å²) in [6, 6.07) is 6.73. The molecule has 4 atom stereocenters. The topological polar surface area (TPSA) is 177 Å². The number of nitrogens with two attached hydrogens (primary N) is 1. The molecule has 13 heteroatoms. The largest absolute Gasteiger partial charge is 0.354 e. The number of amides is 4. The molecule has 4 amide bonds. The van der Waals surface area contributed by atoms with Crippen LogP contribution in [0.3, 0.4) is 0 Å². The summed E-state index contributed by atoms with van der Waals surface area (Å²) in [5.41, 5.74) is 9.78. The van der Waals surface area contributed by atoms with Crippen molar-refractivity contribution in [3.63, 3.8) is 0 Å². The molecule has 2 fully saturated rings. The van der Waals surface area contributed by atoms with Crippen LogP contribution in [0, 0.1) is 5.41 Å². The Bertz CT molecular complexity index is 1430. The molecule has 5 rings (SSSR count). The number of rotatable bonds is 3. The Morgan fingerprint density at radius 3 is 2.52 bits per heavy atom. The zero-order valence-corrected chi connectivity index (χ0v) is 25.1. The number of benzene rings is 1. The number of carbonyl (C=O) groups excluding carboxylic acids is 4. The minimum absolute atomic E-state index is 0.0579. The number of hydrogen-bond donors (Lipinski definition) is 5. The number of aromatic nitrogens is 1. The van der Waals surface area contributed by atoms with E-state index in [0.717, 1.165) is 16.5 Å². The first-order valence-corrected chi connectivity index (χ1v) is 15.1. The normalized spacial score (nSPS) is 27.5. The summed E-state index contributed by atoms with van der Waals surface area (Å²) in [6.07, 6.45) is 5.46. The molecule has 1 aromatic heterocycles. The average molecular weight is 608 g/mol. The van der Waals surface area contributed by atoms with Crippen LogP contribution in [0.5, 0.6) is 0 Å². The molecule has 6 N–H and O–H groups in total. The van der Waals surface area contributed by atoms with E-state index in [1.165, 1.54) is 5.01 Å². The predicted molar refractivity (Wildman–Crippen MR) is 162 cm³/mol. The summed E-state index contributed by atoms with van der Waals surface area (Å²) in [5.74, 6) is -1.58. The third-order valence-corrected chi connectivity index (χ3v) is 8.29. The van der Waals surface area contributed by atoms with E-state index in [9.17, 15) is 19.2 Å². The fourth-order valence-corrected chi connectivity index (χ4v) is 5.63. The van der Waals surface area contributed by atoms with E-state index in [0.29, 0.717) is 38.0 Å². The minimum Gasteiger partial charge on any atom is -0.354 e. The third kappa shape index (κ3) is 7.07. The van der Waals surface area contributed by atoms with Crippen LogP contribution >= 0.6 is 0 Å². The van der Waals surface area contributed by atoms with Gasteiger partial charge in [0.25, 0.3) is 5.91 Å². The molecule has 0 aliphatic carbocycles. The lowest BCUT2D eigenvalue weighted by molar-refractivity contribution is -0.168. The third-order valence-electron chi connectivity index (χ3n) is 8.29. The van der Waals surface area contributed by atoms with Crippen LogP contribution in [0.1, 0.15) is 56.8 Å². The molecule has 3 aliphatic rings. The highest BCUT2D eigenvalue weighted by molar-refractivity contribution is 5.94. The van der Waals surface area contributed by atoms with Gasteiger partial charge in [-0.05, 0) is 63.8 Å². The van der Waals surface area contributed by atoms with Gasteiger partial charge in [0.2, 0.25) is 17.7 Å². The molecular weight excluding hydrogens is 566 g/mol. The molecule has 236 valence electrons. The zero-order valence-electron chi connectivity index (χ0n) is 25.1. The van der Waals surface area contributed by atoms with Crippen molar-refractivity contribution in [1.82, 2.24) is 31.4 Å². The van der Waals surface area contributed by atoms with E-state index in [2.05, 4.69) is 21.4 Å². The van der Waals surface area contributed by atoms with Crippen LogP contribution in [0.2, 0.25) is 0 Å². The lowest BCUT2D eigenvalue weighted by Gasteiger charge is -2.36. The molecule has 2 saturated heterocycles. The van der Waals surface area contributed by atoms with Gasteiger partial charge >= 0.3 is 0 Å². The summed E-state index contributed by atoms with van der Waals surface area (Å²) in [6.45, 7) is 4.32. The molecule has 4 heterocycles. The molecule has 3 aliphatic heterocycles. The van der Waals surface area contributed by atoms with Crippen LogP contribution in [0.4, 0.5) is 0 Å². The van der Waals surface area contributed by atoms with E-state index >= 15 is 0 Å². The fraction of sp³-hybridized carbons (Fsp3) is 0.516. The maximum absolute atomic E-state index is 13.8. The number of nitrogens with one attached hydrogen (secondary N) is 4. The van der Waals surface area contributed by atoms with Gasteiger partial charge < -0.3 is 31.2 Å². The summed E-state index contributed by atoms with van der Waals surface area (Å²) in [7, 11) is 0. The SMILES string of the molecule is C[C@@H]1NC(=O)[C@H](CCCN)NC(=O)C2(/C=C/c3ccc4ccc(nc4c3)[C@@H](C)NC(=O)[C@@H]3CCCN(N3)C1=O)COCOC2. The zero-order chi connectivity index (χ0) is 31.3. The predicted octanol–water partition coefficient (Wildman–Crippen LogP) is 0.654. The first-order chi connectivity index (χ1) is 21.2. The molecule has 0 unspecified atom stereocenters. The van der Waals surface area contributed by atoms with Crippen LogP contribution in [0.25, 0.3) is 17.0 Å². The van der Waals surface area contributed by atoms with Gasteiger partial charge in [-0.1, -0.05) is 30.4 Å². The van der Waals surface area contributed by atoms with E-state index in [1.807, 2.05) is 43.3 Å². The monoisotopic (exact) mass is 607 g/mol. The van der Waals surface area contributed by atoms with Crippen LogP contribution in [-0.4, -0.2) is 84.8 Å². The molecule has 1 spiro atoms. The first kappa shape index (κ1) is 31.5. The molecule has 0 saturated carbocycles. The number of hydrogen-bond acceptors (Lipinski definition) is 9. The van der Waals surface area contributed by atoms with E-state index < -0.39 is 41.3 Å². The van der Waals surface area contributed by atoms with Gasteiger partial charge in [0.1, 0.15) is 30.3 Å². The Morgan fingerprint density at radius 2 is 1.75 bits per heavy atom. The van der Waals surface area contributed by atoms with Crippen LogP contribution < -0.4 is 27.1 Å². The quantitative estimate of drug-likeness (QED) is 0.335. The van der Waals surface area contributed by atoms with Gasteiger partial charge in [-0.15, -0.1) is 0 Å². The van der Waals surface area contributed by atoms with Crippen molar-refractivity contribution in [2.75, 3.05) is 33.1 Å². The summed E-state index contributed by atoms with van der Waals surface area (Å²) >= 11 is 0. The van der Waals surface area contributed by atoms with E-state index in [-0.39, 0.29) is 38.4 Å². The minimum atomic E-state index is -1.20. The highest BCUT2D eigenvalue weighted by Crippen LogP contribution is 2.27. The average Bonchev–Trinajstić information content (AvgIpc) is 3.04. The first-order valence-electron chi connectivity index (χ1n) is 15.1. The molecule has 0 radical (unpaired) electrons. The van der Waals surface area contributed by atoms with Crippen molar-refractivity contribution in [2.45, 2.75) is 63.7 Å². The van der Waals surface area contributed by atoms with E-state index in [1.54, 1.807) is 13.0 Å². The standard InChI is InChI=1S/C31H41N7O6/c1-19-23-10-9-22-8-7-21(15-26(22)35-23)11-12-31(16-43-18-44-17-31)30(42)36-24(5-3-13-32)27(39)34-20(2)29(41)38-14-4-6-25(37-38)28(40)33-19/h7-12,15,19-20,24-25,37H,3-6,13-14,16-18,32H2,1-2H3,(H,33,40)(H,34,39)(H,36,42)/b12-11+/t19-,20+,24+,25+/m1/s1. The Morgan fingerprint density at radius 1 is 1.00 bits per heavy atom. The summed E-state index contributed by atoms with van der Waals surface area (Å²) in [5, 5.41) is 10.9. The Balaban J connectivity index is 1.52.